The summed E-state index contributed by atoms with van der Waals surface area (Å²) >= 11 is 1.07. The number of anilines is 1. The molecule has 3 aromatic rings. The van der Waals surface area contributed by atoms with Crippen molar-refractivity contribution in [2.75, 3.05) is 31.1 Å². The molecule has 4 rings (SSSR count). The zero-order chi connectivity index (χ0) is 27.8. The van der Waals surface area contributed by atoms with Crippen molar-refractivity contribution in [3.05, 3.63) is 77.7 Å². The van der Waals surface area contributed by atoms with E-state index in [2.05, 4.69) is 4.72 Å². The Hall–Kier alpha value is -2.49. The highest BCUT2D eigenvalue weighted by molar-refractivity contribution is 7.91. The van der Waals surface area contributed by atoms with Gasteiger partial charge in [-0.3, -0.25) is 0 Å². The van der Waals surface area contributed by atoms with Gasteiger partial charge in [0.2, 0.25) is 10.0 Å². The topological polar surface area (TPSA) is 107 Å². The van der Waals surface area contributed by atoms with Crippen LogP contribution in [0.3, 0.4) is 0 Å². The number of thiophene rings is 1. The average Bonchev–Trinajstić information content (AvgIpc) is 3.43. The number of nitrogens with zero attached hydrogens (tertiary/aromatic N) is 2. The van der Waals surface area contributed by atoms with Crippen LogP contribution in [0.4, 0.5) is 18.9 Å². The van der Waals surface area contributed by atoms with E-state index in [1.165, 1.54) is 34.6 Å². The molecule has 2 atom stereocenters. The van der Waals surface area contributed by atoms with Crippen LogP contribution in [0.2, 0.25) is 0 Å². The minimum absolute atomic E-state index is 0.0455. The summed E-state index contributed by atoms with van der Waals surface area (Å²) in [4.78, 5) is 1.80. The summed E-state index contributed by atoms with van der Waals surface area (Å²) < 4.78 is 95.8. The Morgan fingerprint density at radius 1 is 0.974 bits per heavy atom. The van der Waals surface area contributed by atoms with E-state index in [4.69, 9.17) is 0 Å². The molecule has 0 spiro atoms. The molecule has 1 aliphatic rings. The fourth-order valence-corrected chi connectivity index (χ4v) is 7.83. The molecule has 14 heteroatoms. The first-order valence-electron chi connectivity index (χ1n) is 11.5. The lowest BCUT2D eigenvalue weighted by molar-refractivity contribution is -0.258. The number of piperazine rings is 1. The lowest BCUT2D eigenvalue weighted by Crippen LogP contribution is -2.58. The van der Waals surface area contributed by atoms with E-state index in [0.29, 0.717) is 12.6 Å². The first-order chi connectivity index (χ1) is 17.7. The van der Waals surface area contributed by atoms with Crippen molar-refractivity contribution >= 4 is 37.1 Å². The van der Waals surface area contributed by atoms with Gasteiger partial charge >= 0.3 is 6.18 Å². The number of nitrogens with one attached hydrogen (secondary N) is 1. The predicted molar refractivity (Wildman–Crippen MR) is 138 cm³/mol. The SMILES string of the molecule is CC(O)(c1ccc(N2CCN(S(=O)(=O)c3cccs3)C[C@@H]2CNS(=O)(=O)c2ccccc2)cc1)C(F)(F)F. The Labute approximate surface area is 223 Å². The second-order valence-corrected chi connectivity index (χ2v) is 13.8. The van der Waals surface area contributed by atoms with Crippen LogP contribution in [0.25, 0.3) is 0 Å². The van der Waals surface area contributed by atoms with Crippen molar-refractivity contribution in [3.8, 4) is 0 Å². The molecule has 1 saturated heterocycles. The van der Waals surface area contributed by atoms with E-state index < -0.39 is 37.9 Å². The number of benzene rings is 2. The van der Waals surface area contributed by atoms with Gasteiger partial charge in [0.1, 0.15) is 4.21 Å². The molecule has 0 radical (unpaired) electrons. The van der Waals surface area contributed by atoms with Crippen molar-refractivity contribution in [1.82, 2.24) is 9.03 Å². The van der Waals surface area contributed by atoms with E-state index in [-0.39, 0.29) is 40.8 Å². The van der Waals surface area contributed by atoms with Crippen molar-refractivity contribution in [1.29, 1.82) is 0 Å². The van der Waals surface area contributed by atoms with Gasteiger partial charge in [0.15, 0.2) is 5.60 Å². The first-order valence-corrected chi connectivity index (χ1v) is 15.3. The monoisotopic (exact) mass is 589 g/mol. The lowest BCUT2D eigenvalue weighted by atomic mass is 9.95. The Morgan fingerprint density at radius 3 is 2.21 bits per heavy atom. The highest BCUT2D eigenvalue weighted by Crippen LogP contribution is 2.39. The standard InChI is InChI=1S/C24H26F3N3O5S3/c1-23(31,24(25,26)27)18-9-11-19(12-10-18)30-14-13-29(38(34,35)22-8-5-15-36-22)17-20(30)16-28-37(32,33)21-6-3-2-4-7-21/h2-12,15,20,28,31H,13-14,16-17H2,1H3/t20-,23?/m0/s1. The van der Waals surface area contributed by atoms with Crippen molar-refractivity contribution in [2.24, 2.45) is 0 Å². The van der Waals surface area contributed by atoms with Crippen molar-refractivity contribution in [3.63, 3.8) is 0 Å². The molecule has 206 valence electrons. The number of halogens is 3. The zero-order valence-corrected chi connectivity index (χ0v) is 22.6. The Morgan fingerprint density at radius 2 is 1.63 bits per heavy atom. The molecule has 0 aliphatic carbocycles. The molecule has 8 nitrogen and oxygen atoms in total. The molecular formula is C24H26F3N3O5S3. The Bertz CT molecular complexity index is 1450. The third kappa shape index (κ3) is 5.75. The molecule has 0 amide bonds. The van der Waals surface area contributed by atoms with Crippen LogP contribution in [-0.2, 0) is 25.6 Å². The molecule has 38 heavy (non-hydrogen) atoms. The molecule has 1 aliphatic heterocycles. The summed E-state index contributed by atoms with van der Waals surface area (Å²) in [5.41, 5.74) is -2.94. The Kier molecular flexibility index (Phi) is 7.94. The number of rotatable bonds is 8. The third-order valence-corrected chi connectivity index (χ3v) is 11.1. The highest BCUT2D eigenvalue weighted by atomic mass is 32.2. The van der Waals surface area contributed by atoms with Gasteiger partial charge < -0.3 is 10.0 Å². The van der Waals surface area contributed by atoms with Crippen LogP contribution in [0.15, 0.2) is 81.2 Å². The molecule has 2 heterocycles. The van der Waals surface area contributed by atoms with Crippen LogP contribution < -0.4 is 9.62 Å². The maximum Gasteiger partial charge on any atom is 0.421 e. The lowest BCUT2D eigenvalue weighted by Gasteiger charge is -2.42. The summed E-state index contributed by atoms with van der Waals surface area (Å²) in [5.74, 6) is 0. The largest absolute Gasteiger partial charge is 0.421 e. The quantitative estimate of drug-likeness (QED) is 0.417. The minimum Gasteiger partial charge on any atom is -0.376 e. The number of aliphatic hydroxyl groups is 1. The molecule has 2 N–H and O–H groups in total. The minimum atomic E-state index is -4.88. The molecule has 2 aromatic carbocycles. The summed E-state index contributed by atoms with van der Waals surface area (Å²) in [6.45, 7) is 0.703. The van der Waals surface area contributed by atoms with Gasteiger partial charge in [-0.1, -0.05) is 36.4 Å². The summed E-state index contributed by atoms with van der Waals surface area (Å²) in [6, 6.07) is 15.2. The predicted octanol–water partition coefficient (Wildman–Crippen LogP) is 3.38. The van der Waals surface area contributed by atoms with Crippen molar-refractivity contribution < 1.29 is 35.1 Å². The fourth-order valence-electron chi connectivity index (χ4n) is 4.13. The molecule has 1 fully saturated rings. The van der Waals surface area contributed by atoms with Crippen LogP contribution in [-0.4, -0.2) is 64.6 Å². The second kappa shape index (κ2) is 10.6. The number of hydrogen-bond acceptors (Lipinski definition) is 7. The van der Waals surface area contributed by atoms with Crippen LogP contribution in [0, 0.1) is 0 Å². The summed E-state index contributed by atoms with van der Waals surface area (Å²) in [6.07, 6.45) is -4.88. The van der Waals surface area contributed by atoms with Crippen LogP contribution in [0.1, 0.15) is 12.5 Å². The molecular weight excluding hydrogens is 563 g/mol. The van der Waals surface area contributed by atoms with Gasteiger partial charge in [0, 0.05) is 31.9 Å². The van der Waals surface area contributed by atoms with Gasteiger partial charge in [0.25, 0.3) is 10.0 Å². The van der Waals surface area contributed by atoms with Gasteiger partial charge in [-0.25, -0.2) is 21.6 Å². The van der Waals surface area contributed by atoms with Gasteiger partial charge in [-0.2, -0.15) is 17.5 Å². The van der Waals surface area contributed by atoms with E-state index in [1.54, 1.807) is 34.5 Å². The van der Waals surface area contributed by atoms with E-state index >= 15 is 0 Å². The number of sulfonamides is 2. The van der Waals surface area contributed by atoms with Gasteiger partial charge in [-0.15, -0.1) is 11.3 Å². The molecule has 1 aromatic heterocycles. The summed E-state index contributed by atoms with van der Waals surface area (Å²) in [5, 5.41) is 11.6. The zero-order valence-electron chi connectivity index (χ0n) is 20.2. The number of hydrogen-bond donors (Lipinski definition) is 2. The fraction of sp³-hybridized carbons (Fsp3) is 0.333. The van der Waals surface area contributed by atoms with E-state index in [9.17, 15) is 35.1 Å². The third-order valence-electron chi connectivity index (χ3n) is 6.41. The number of alkyl halides is 3. The Balaban J connectivity index is 1.61. The normalized spacial score (nSPS) is 19.3. The van der Waals surface area contributed by atoms with Gasteiger partial charge in [0.05, 0.1) is 10.9 Å². The maximum atomic E-state index is 13.3. The summed E-state index contributed by atoms with van der Waals surface area (Å²) in [7, 11) is -7.72. The average molecular weight is 590 g/mol. The highest BCUT2D eigenvalue weighted by Gasteiger charge is 2.51. The second-order valence-electron chi connectivity index (χ2n) is 8.92. The maximum absolute atomic E-state index is 13.3. The molecule has 0 bridgehead atoms. The smallest absolute Gasteiger partial charge is 0.376 e. The van der Waals surface area contributed by atoms with Crippen LogP contribution in [0.5, 0.6) is 0 Å². The van der Waals surface area contributed by atoms with E-state index in [1.807, 2.05) is 0 Å². The molecule has 1 unspecified atom stereocenters. The van der Waals surface area contributed by atoms with E-state index in [0.717, 1.165) is 23.5 Å². The molecule has 0 saturated carbocycles. The first kappa shape index (κ1) is 28.5. The van der Waals surface area contributed by atoms with Crippen LogP contribution >= 0.6 is 11.3 Å². The van der Waals surface area contributed by atoms with Gasteiger partial charge in [-0.05, 0) is 48.2 Å². The van der Waals surface area contributed by atoms with Crippen molar-refractivity contribution in [2.45, 2.75) is 33.8 Å².